The topological polar surface area (TPSA) is 43.4 Å². The van der Waals surface area contributed by atoms with Crippen molar-refractivity contribution in [2.75, 3.05) is 12.5 Å². The molecule has 0 radical (unpaired) electrons. The zero-order chi connectivity index (χ0) is 13.5. The fourth-order valence-electron chi connectivity index (χ4n) is 1.70. The molecule has 0 aliphatic rings. The van der Waals surface area contributed by atoms with Crippen molar-refractivity contribution in [3.63, 3.8) is 0 Å². The summed E-state index contributed by atoms with van der Waals surface area (Å²) in [7, 11) is 0. The van der Waals surface area contributed by atoms with Crippen molar-refractivity contribution in [2.45, 2.75) is 26.7 Å². The summed E-state index contributed by atoms with van der Waals surface area (Å²) in [5.74, 6) is -0.0410. The van der Waals surface area contributed by atoms with E-state index >= 15 is 0 Å². The van der Waals surface area contributed by atoms with Gasteiger partial charge < -0.3 is 4.74 Å². The van der Waals surface area contributed by atoms with Gasteiger partial charge in [-0.1, -0.05) is 13.0 Å². The molecule has 0 N–H and O–H groups in total. The van der Waals surface area contributed by atoms with E-state index < -0.39 is 0 Å². The van der Waals surface area contributed by atoms with Crippen molar-refractivity contribution in [3.05, 3.63) is 34.9 Å². The maximum absolute atomic E-state index is 11.7. The molecule has 0 amide bonds. The molecule has 0 atom stereocenters. The minimum absolute atomic E-state index is 0.00453. The number of ether oxygens (including phenoxy) is 1. The highest BCUT2D eigenvalue weighted by molar-refractivity contribution is 6.19. The van der Waals surface area contributed by atoms with Crippen molar-refractivity contribution in [3.8, 4) is 0 Å². The summed E-state index contributed by atoms with van der Waals surface area (Å²) in [6.45, 7) is 4.05. The van der Waals surface area contributed by atoms with Crippen molar-refractivity contribution >= 4 is 23.4 Å². The van der Waals surface area contributed by atoms with Gasteiger partial charge in [-0.2, -0.15) is 0 Å². The Labute approximate surface area is 112 Å². The SMILES string of the molecule is CCOC(=O)c1ccc(C(=O)CCCl)cc1CC. The van der Waals surface area contributed by atoms with Gasteiger partial charge in [0.15, 0.2) is 5.78 Å². The number of carbonyl (C=O) groups excluding carboxylic acids is 2. The van der Waals surface area contributed by atoms with E-state index in [-0.39, 0.29) is 11.8 Å². The van der Waals surface area contributed by atoms with Crippen LogP contribution in [0.15, 0.2) is 18.2 Å². The number of rotatable bonds is 6. The molecule has 0 unspecified atom stereocenters. The average Bonchev–Trinajstić information content (AvgIpc) is 2.38. The number of hydrogen-bond donors (Lipinski definition) is 0. The Bertz CT molecular complexity index is 441. The van der Waals surface area contributed by atoms with E-state index in [1.54, 1.807) is 25.1 Å². The van der Waals surface area contributed by atoms with Crippen LogP contribution in [-0.4, -0.2) is 24.2 Å². The summed E-state index contributed by atoms with van der Waals surface area (Å²) in [6.07, 6.45) is 0.986. The van der Waals surface area contributed by atoms with Gasteiger partial charge in [-0.05, 0) is 31.0 Å². The molecule has 1 rings (SSSR count). The Balaban J connectivity index is 3.03. The van der Waals surface area contributed by atoms with Crippen molar-refractivity contribution in [2.24, 2.45) is 0 Å². The van der Waals surface area contributed by atoms with Crippen molar-refractivity contribution in [1.82, 2.24) is 0 Å². The lowest BCUT2D eigenvalue weighted by atomic mass is 9.99. The number of halogens is 1. The first-order valence-corrected chi connectivity index (χ1v) is 6.56. The van der Waals surface area contributed by atoms with E-state index in [2.05, 4.69) is 0 Å². The summed E-state index contributed by atoms with van der Waals surface area (Å²) < 4.78 is 4.97. The normalized spacial score (nSPS) is 10.2. The predicted molar refractivity (Wildman–Crippen MR) is 71.4 cm³/mol. The quantitative estimate of drug-likeness (QED) is 0.452. The molecule has 0 fully saturated rings. The van der Waals surface area contributed by atoms with Gasteiger partial charge in [-0.25, -0.2) is 4.79 Å². The molecule has 0 saturated carbocycles. The lowest BCUT2D eigenvalue weighted by Gasteiger charge is -2.09. The summed E-state index contributed by atoms with van der Waals surface area (Å²) in [4.78, 5) is 23.4. The van der Waals surface area contributed by atoms with Crippen LogP contribution in [0.4, 0.5) is 0 Å². The standard InChI is InChI=1S/C14H17ClO3/c1-3-10-9-11(13(16)7-8-15)5-6-12(10)14(17)18-4-2/h5-6,9H,3-4,7-8H2,1-2H3. The minimum atomic E-state index is -0.342. The van der Waals surface area contributed by atoms with E-state index in [0.29, 0.717) is 36.5 Å². The zero-order valence-electron chi connectivity index (χ0n) is 10.7. The maximum Gasteiger partial charge on any atom is 0.338 e. The van der Waals surface area contributed by atoms with Crippen LogP contribution in [0.1, 0.15) is 46.5 Å². The monoisotopic (exact) mass is 268 g/mol. The summed E-state index contributed by atoms with van der Waals surface area (Å²) in [6, 6.07) is 5.06. The Morgan fingerprint density at radius 3 is 2.56 bits per heavy atom. The second-order valence-electron chi connectivity index (χ2n) is 3.81. The molecular weight excluding hydrogens is 252 g/mol. The van der Waals surface area contributed by atoms with E-state index in [0.717, 1.165) is 5.56 Å². The third kappa shape index (κ3) is 3.57. The van der Waals surface area contributed by atoms with E-state index in [4.69, 9.17) is 16.3 Å². The van der Waals surface area contributed by atoms with Crippen LogP contribution >= 0.6 is 11.6 Å². The smallest absolute Gasteiger partial charge is 0.338 e. The first kappa shape index (κ1) is 14.7. The van der Waals surface area contributed by atoms with Crippen molar-refractivity contribution < 1.29 is 14.3 Å². The highest BCUT2D eigenvalue weighted by Gasteiger charge is 2.14. The second kappa shape index (κ2) is 7.17. The first-order chi connectivity index (χ1) is 8.63. The van der Waals surface area contributed by atoms with Crippen LogP contribution < -0.4 is 0 Å². The molecule has 0 aliphatic carbocycles. The molecule has 4 heteroatoms. The number of ketones is 1. The second-order valence-corrected chi connectivity index (χ2v) is 4.19. The summed E-state index contributed by atoms with van der Waals surface area (Å²) in [5, 5.41) is 0. The van der Waals surface area contributed by atoms with Gasteiger partial charge in [0, 0.05) is 17.9 Å². The van der Waals surface area contributed by atoms with Crippen LogP contribution in [0.25, 0.3) is 0 Å². The van der Waals surface area contributed by atoms with Crippen molar-refractivity contribution in [1.29, 1.82) is 0 Å². The van der Waals surface area contributed by atoms with Gasteiger partial charge in [0.05, 0.1) is 12.2 Å². The number of esters is 1. The molecule has 0 aliphatic heterocycles. The fraction of sp³-hybridized carbons (Fsp3) is 0.429. The Kier molecular flexibility index (Phi) is 5.86. The lowest BCUT2D eigenvalue weighted by molar-refractivity contribution is 0.0525. The molecular formula is C14H17ClO3. The van der Waals surface area contributed by atoms with Crippen LogP contribution in [-0.2, 0) is 11.2 Å². The Morgan fingerprint density at radius 2 is 2.00 bits per heavy atom. The third-order valence-corrected chi connectivity index (χ3v) is 2.81. The Hall–Kier alpha value is -1.35. The van der Waals surface area contributed by atoms with E-state index in [1.165, 1.54) is 0 Å². The molecule has 0 spiro atoms. The highest BCUT2D eigenvalue weighted by Crippen LogP contribution is 2.16. The Morgan fingerprint density at radius 1 is 1.28 bits per heavy atom. The average molecular weight is 269 g/mol. The van der Waals surface area contributed by atoms with E-state index in [9.17, 15) is 9.59 Å². The molecule has 0 bridgehead atoms. The van der Waals surface area contributed by atoms with E-state index in [1.807, 2.05) is 6.92 Å². The van der Waals surface area contributed by atoms with Crippen LogP contribution in [0.5, 0.6) is 0 Å². The molecule has 98 valence electrons. The summed E-state index contributed by atoms with van der Waals surface area (Å²) in [5.41, 5.74) is 1.95. The fourth-order valence-corrected chi connectivity index (χ4v) is 1.87. The molecule has 0 aromatic heterocycles. The molecule has 18 heavy (non-hydrogen) atoms. The van der Waals surface area contributed by atoms with Crippen LogP contribution in [0, 0.1) is 0 Å². The minimum Gasteiger partial charge on any atom is -0.462 e. The highest BCUT2D eigenvalue weighted by atomic mass is 35.5. The molecule has 0 heterocycles. The van der Waals surface area contributed by atoms with Crippen LogP contribution in [0.2, 0.25) is 0 Å². The number of carbonyl (C=O) groups is 2. The number of benzene rings is 1. The largest absolute Gasteiger partial charge is 0.462 e. The third-order valence-electron chi connectivity index (χ3n) is 2.63. The molecule has 1 aromatic rings. The van der Waals surface area contributed by atoms with Gasteiger partial charge in [0.25, 0.3) is 0 Å². The lowest BCUT2D eigenvalue weighted by Crippen LogP contribution is -2.09. The number of hydrogen-bond acceptors (Lipinski definition) is 3. The molecule has 3 nitrogen and oxygen atoms in total. The van der Waals surface area contributed by atoms with Crippen LogP contribution in [0.3, 0.4) is 0 Å². The van der Waals surface area contributed by atoms with Gasteiger partial charge in [0.1, 0.15) is 0 Å². The zero-order valence-corrected chi connectivity index (χ0v) is 11.4. The predicted octanol–water partition coefficient (Wildman–Crippen LogP) is 3.24. The van der Waals surface area contributed by atoms with Gasteiger partial charge in [-0.3, -0.25) is 4.79 Å². The number of aryl methyl sites for hydroxylation is 1. The van der Waals surface area contributed by atoms with Gasteiger partial charge in [-0.15, -0.1) is 11.6 Å². The molecule has 1 aromatic carbocycles. The number of Topliss-reactive ketones (excluding diaryl/α,β-unsaturated/α-hetero) is 1. The summed E-state index contributed by atoms with van der Waals surface area (Å²) >= 11 is 5.55. The maximum atomic E-state index is 11.7. The number of alkyl halides is 1. The first-order valence-electron chi connectivity index (χ1n) is 6.03. The molecule has 0 saturated heterocycles. The van der Waals surface area contributed by atoms with Gasteiger partial charge in [0.2, 0.25) is 0 Å². The van der Waals surface area contributed by atoms with Gasteiger partial charge >= 0.3 is 5.97 Å².